The Balaban J connectivity index is 1.80. The Bertz CT molecular complexity index is 391. The smallest absolute Gasteiger partial charge is 0.141 e. The van der Waals surface area contributed by atoms with E-state index in [0.717, 1.165) is 25.2 Å². The van der Waals surface area contributed by atoms with Crippen LogP contribution in [0, 0.1) is 11.2 Å². The van der Waals surface area contributed by atoms with Crippen LogP contribution in [0.1, 0.15) is 18.4 Å². The molecule has 2 N–H and O–H groups in total. The quantitative estimate of drug-likeness (QED) is 0.818. The number of hydrogen-bond acceptors (Lipinski definition) is 2. The van der Waals surface area contributed by atoms with Gasteiger partial charge < -0.3 is 10.6 Å². The maximum absolute atomic E-state index is 13.0. The highest BCUT2D eigenvalue weighted by molar-refractivity contribution is 6.30. The molecule has 0 radical (unpaired) electrons. The molecule has 1 fully saturated rings. The summed E-state index contributed by atoms with van der Waals surface area (Å²) in [4.78, 5) is 0. The summed E-state index contributed by atoms with van der Waals surface area (Å²) in [6.45, 7) is 2.80. The number of benzene rings is 1. The highest BCUT2D eigenvalue weighted by Gasteiger charge is 2.41. The summed E-state index contributed by atoms with van der Waals surface area (Å²) in [6, 6.07) is 4.87. The molecule has 1 aromatic rings. The van der Waals surface area contributed by atoms with Crippen molar-refractivity contribution >= 4 is 11.6 Å². The minimum atomic E-state index is -0.357. The van der Waals surface area contributed by atoms with E-state index in [1.54, 1.807) is 12.1 Å². The van der Waals surface area contributed by atoms with E-state index in [-0.39, 0.29) is 10.8 Å². The molecule has 0 aliphatic heterocycles. The van der Waals surface area contributed by atoms with Gasteiger partial charge in [0.1, 0.15) is 5.82 Å². The van der Waals surface area contributed by atoms with Crippen LogP contribution < -0.4 is 10.6 Å². The summed E-state index contributed by atoms with van der Waals surface area (Å²) < 4.78 is 13.0. The molecule has 94 valence electrons. The fraction of sp³-hybridized carbons (Fsp3) is 0.538. The Hall–Kier alpha value is -0.640. The first-order valence-corrected chi connectivity index (χ1v) is 6.32. The average molecular weight is 257 g/mol. The van der Waals surface area contributed by atoms with Crippen molar-refractivity contribution in [1.29, 1.82) is 0 Å². The van der Waals surface area contributed by atoms with Gasteiger partial charge in [-0.25, -0.2) is 4.39 Å². The van der Waals surface area contributed by atoms with Crippen LogP contribution in [-0.2, 0) is 6.54 Å². The van der Waals surface area contributed by atoms with Gasteiger partial charge in [0.15, 0.2) is 0 Å². The molecule has 0 unspecified atom stereocenters. The first-order chi connectivity index (χ1) is 8.15. The maximum atomic E-state index is 13.0. The molecular weight excluding hydrogens is 239 g/mol. The third-order valence-electron chi connectivity index (χ3n) is 3.32. The second-order valence-corrected chi connectivity index (χ2v) is 5.29. The van der Waals surface area contributed by atoms with E-state index in [0.29, 0.717) is 5.41 Å². The van der Waals surface area contributed by atoms with Crippen LogP contribution >= 0.6 is 11.6 Å². The van der Waals surface area contributed by atoms with Crippen molar-refractivity contribution < 1.29 is 4.39 Å². The van der Waals surface area contributed by atoms with Gasteiger partial charge >= 0.3 is 0 Å². The lowest BCUT2D eigenvalue weighted by atomic mass is 10.1. The second-order valence-electron chi connectivity index (χ2n) is 4.88. The third-order valence-corrected chi connectivity index (χ3v) is 3.61. The molecule has 1 aliphatic rings. The van der Waals surface area contributed by atoms with Crippen LogP contribution in [0.5, 0.6) is 0 Å². The number of halogens is 2. The Kier molecular flexibility index (Phi) is 4.02. The van der Waals surface area contributed by atoms with Crippen LogP contribution in [0.2, 0.25) is 5.02 Å². The van der Waals surface area contributed by atoms with Gasteiger partial charge in [-0.15, -0.1) is 0 Å². The van der Waals surface area contributed by atoms with Gasteiger partial charge in [0, 0.05) is 19.6 Å². The van der Waals surface area contributed by atoms with E-state index >= 15 is 0 Å². The predicted octanol–water partition coefficient (Wildman–Crippen LogP) is 2.57. The van der Waals surface area contributed by atoms with Gasteiger partial charge in [0.2, 0.25) is 0 Å². The van der Waals surface area contributed by atoms with Crippen molar-refractivity contribution in [3.63, 3.8) is 0 Å². The van der Waals surface area contributed by atoms with Crippen molar-refractivity contribution in [3.05, 3.63) is 34.6 Å². The van der Waals surface area contributed by atoms with Gasteiger partial charge in [-0.05, 0) is 43.0 Å². The number of hydrogen-bond donors (Lipinski definition) is 2. The summed E-state index contributed by atoms with van der Waals surface area (Å²) in [6.07, 6.45) is 2.57. The van der Waals surface area contributed by atoms with E-state index in [1.165, 1.54) is 18.9 Å². The minimum absolute atomic E-state index is 0.195. The fourth-order valence-corrected chi connectivity index (χ4v) is 2.29. The average Bonchev–Trinajstić information content (AvgIpc) is 3.04. The van der Waals surface area contributed by atoms with E-state index in [1.807, 2.05) is 7.05 Å². The lowest BCUT2D eigenvalue weighted by Crippen LogP contribution is -2.31. The topological polar surface area (TPSA) is 24.1 Å². The Morgan fingerprint density at radius 2 is 2.12 bits per heavy atom. The monoisotopic (exact) mass is 256 g/mol. The Labute approximate surface area is 107 Å². The molecule has 0 saturated heterocycles. The van der Waals surface area contributed by atoms with Gasteiger partial charge in [0.05, 0.1) is 5.02 Å². The van der Waals surface area contributed by atoms with E-state index in [4.69, 9.17) is 11.6 Å². The van der Waals surface area contributed by atoms with Gasteiger partial charge in [0.25, 0.3) is 0 Å². The molecule has 0 spiro atoms. The number of rotatable bonds is 6. The van der Waals surface area contributed by atoms with Crippen LogP contribution in [0.3, 0.4) is 0 Å². The summed E-state index contributed by atoms with van der Waals surface area (Å²) in [5.41, 5.74) is 1.47. The molecule has 4 heteroatoms. The second kappa shape index (κ2) is 5.34. The van der Waals surface area contributed by atoms with Crippen LogP contribution in [0.4, 0.5) is 4.39 Å². The molecule has 1 aliphatic carbocycles. The third kappa shape index (κ3) is 3.41. The fourth-order valence-electron chi connectivity index (χ4n) is 2.09. The summed E-state index contributed by atoms with van der Waals surface area (Å²) >= 11 is 5.73. The normalized spacial score (nSPS) is 17.1. The number of nitrogens with one attached hydrogen (secondary N) is 2. The Morgan fingerprint density at radius 1 is 1.35 bits per heavy atom. The summed E-state index contributed by atoms with van der Waals surface area (Å²) in [5.74, 6) is -0.357. The predicted molar refractivity (Wildman–Crippen MR) is 68.7 cm³/mol. The molecular formula is C13H18ClFN2. The molecule has 0 atom stereocenters. The minimum Gasteiger partial charge on any atom is -0.319 e. The highest BCUT2D eigenvalue weighted by atomic mass is 35.5. The van der Waals surface area contributed by atoms with Crippen molar-refractivity contribution in [2.45, 2.75) is 19.4 Å². The lowest BCUT2D eigenvalue weighted by molar-refractivity contribution is 0.438. The zero-order valence-electron chi connectivity index (χ0n) is 10.0. The summed E-state index contributed by atoms with van der Waals surface area (Å²) in [7, 11) is 1.99. The molecule has 2 nitrogen and oxygen atoms in total. The van der Waals surface area contributed by atoms with Crippen LogP contribution in [-0.4, -0.2) is 20.1 Å². The van der Waals surface area contributed by atoms with Crippen LogP contribution in [0.15, 0.2) is 18.2 Å². The standard InChI is InChI=1S/C13H18ClFN2/c1-16-8-13(4-5-13)9-17-7-10-2-3-12(15)11(14)6-10/h2-3,6,16-17H,4-5,7-9H2,1H3. The first kappa shape index (κ1) is 12.8. The van der Waals surface area contributed by atoms with Crippen molar-refractivity contribution in [2.24, 2.45) is 5.41 Å². The largest absolute Gasteiger partial charge is 0.319 e. The lowest BCUT2D eigenvalue weighted by Gasteiger charge is -2.15. The van der Waals surface area contributed by atoms with Crippen LogP contribution in [0.25, 0.3) is 0 Å². The first-order valence-electron chi connectivity index (χ1n) is 5.94. The SMILES string of the molecule is CNCC1(CNCc2ccc(F)c(Cl)c2)CC1. The molecule has 2 rings (SSSR count). The van der Waals surface area contributed by atoms with E-state index < -0.39 is 0 Å². The highest BCUT2D eigenvalue weighted by Crippen LogP contribution is 2.44. The van der Waals surface area contributed by atoms with Crippen molar-refractivity contribution in [2.75, 3.05) is 20.1 Å². The van der Waals surface area contributed by atoms with Crippen molar-refractivity contribution in [3.8, 4) is 0 Å². The van der Waals surface area contributed by atoms with Gasteiger partial charge in [-0.2, -0.15) is 0 Å². The molecule has 17 heavy (non-hydrogen) atoms. The molecule has 0 heterocycles. The molecule has 0 bridgehead atoms. The molecule has 1 saturated carbocycles. The maximum Gasteiger partial charge on any atom is 0.141 e. The molecule has 0 aromatic heterocycles. The van der Waals surface area contributed by atoms with E-state index in [9.17, 15) is 4.39 Å². The van der Waals surface area contributed by atoms with Gasteiger partial charge in [-0.1, -0.05) is 17.7 Å². The zero-order chi connectivity index (χ0) is 12.3. The Morgan fingerprint density at radius 3 is 2.71 bits per heavy atom. The molecule has 1 aromatic carbocycles. The van der Waals surface area contributed by atoms with Gasteiger partial charge in [-0.3, -0.25) is 0 Å². The zero-order valence-corrected chi connectivity index (χ0v) is 10.8. The van der Waals surface area contributed by atoms with Crippen molar-refractivity contribution in [1.82, 2.24) is 10.6 Å². The summed E-state index contributed by atoms with van der Waals surface area (Å²) in [5, 5.41) is 6.83. The van der Waals surface area contributed by atoms with E-state index in [2.05, 4.69) is 10.6 Å². The molecule has 0 amide bonds.